The fraction of sp³-hybridized carbons (Fsp3) is 0.909. The van der Waals surface area contributed by atoms with Crippen molar-refractivity contribution in [2.45, 2.75) is 45.2 Å². The Morgan fingerprint density at radius 2 is 2.19 bits per heavy atom. The third-order valence-corrected chi connectivity index (χ3v) is 3.35. The van der Waals surface area contributed by atoms with Crippen molar-refractivity contribution in [2.75, 3.05) is 19.6 Å². The van der Waals surface area contributed by atoms with Gasteiger partial charge >= 0.3 is 0 Å². The van der Waals surface area contributed by atoms with Crippen LogP contribution in [0.15, 0.2) is 0 Å². The molecule has 0 radical (unpaired) electrons. The molecular weight excluding hydrogens is 204 g/mol. The fourth-order valence-corrected chi connectivity index (χ4v) is 2.51. The molecule has 1 rings (SSSR count). The Morgan fingerprint density at radius 3 is 2.69 bits per heavy atom. The summed E-state index contributed by atoms with van der Waals surface area (Å²) in [6, 6.07) is 0.864. The highest BCUT2D eigenvalue weighted by Crippen LogP contribution is 2.16. The van der Waals surface area contributed by atoms with Crippen molar-refractivity contribution in [1.29, 1.82) is 0 Å². The van der Waals surface area contributed by atoms with Crippen LogP contribution in [0.5, 0.6) is 0 Å². The molecule has 0 aliphatic carbocycles. The summed E-state index contributed by atoms with van der Waals surface area (Å²) < 4.78 is 0. The molecule has 1 aliphatic rings. The number of hydrogen-bond acceptors (Lipinski definition) is 4. The third kappa shape index (κ3) is 3.73. The van der Waals surface area contributed by atoms with Gasteiger partial charge in [0.15, 0.2) is 0 Å². The van der Waals surface area contributed by atoms with Crippen molar-refractivity contribution in [1.82, 2.24) is 15.6 Å². The van der Waals surface area contributed by atoms with Gasteiger partial charge in [0.25, 0.3) is 0 Å². The molecule has 94 valence electrons. The first kappa shape index (κ1) is 13.4. The van der Waals surface area contributed by atoms with E-state index in [0.29, 0.717) is 12.5 Å². The Labute approximate surface area is 97.7 Å². The molecule has 0 spiro atoms. The molecule has 4 N–H and O–H groups in total. The van der Waals surface area contributed by atoms with Crippen LogP contribution in [0.3, 0.4) is 0 Å². The lowest BCUT2D eigenvalue weighted by Gasteiger charge is -2.37. The van der Waals surface area contributed by atoms with Gasteiger partial charge in [-0.2, -0.15) is 0 Å². The summed E-state index contributed by atoms with van der Waals surface area (Å²) in [5.41, 5.74) is 2.20. The first-order chi connectivity index (χ1) is 7.69. The second-order valence-corrected chi connectivity index (χ2v) is 4.43. The first-order valence-electron chi connectivity index (χ1n) is 6.15. The van der Waals surface area contributed by atoms with Crippen molar-refractivity contribution in [3.05, 3.63) is 0 Å². The van der Waals surface area contributed by atoms with Gasteiger partial charge in [-0.25, -0.2) is 5.84 Å². The highest BCUT2D eigenvalue weighted by Gasteiger charge is 2.24. The quantitative estimate of drug-likeness (QED) is 0.347. The number of amides is 1. The maximum absolute atomic E-state index is 11.3. The lowest BCUT2D eigenvalue weighted by molar-refractivity contribution is -0.122. The molecule has 0 aromatic heterocycles. The van der Waals surface area contributed by atoms with E-state index in [0.717, 1.165) is 19.6 Å². The molecule has 5 nitrogen and oxygen atoms in total. The fourth-order valence-electron chi connectivity index (χ4n) is 2.51. The molecule has 1 heterocycles. The zero-order valence-electron chi connectivity index (χ0n) is 10.3. The average Bonchev–Trinajstić information content (AvgIpc) is 2.31. The number of piperidine rings is 1. The monoisotopic (exact) mass is 228 g/mol. The highest BCUT2D eigenvalue weighted by atomic mass is 16.2. The number of carbonyl (C=O) groups is 1. The molecule has 1 amide bonds. The van der Waals surface area contributed by atoms with Crippen molar-refractivity contribution < 1.29 is 4.79 Å². The maximum atomic E-state index is 11.3. The minimum atomic E-state index is -0.0834. The Balaban J connectivity index is 2.47. The first-order valence-corrected chi connectivity index (χ1v) is 6.15. The third-order valence-electron chi connectivity index (χ3n) is 3.35. The summed E-state index contributed by atoms with van der Waals surface area (Å²) in [7, 11) is 0. The van der Waals surface area contributed by atoms with E-state index < -0.39 is 0 Å². The molecule has 16 heavy (non-hydrogen) atoms. The van der Waals surface area contributed by atoms with Gasteiger partial charge in [-0.15, -0.1) is 0 Å². The predicted octanol–water partition coefficient (Wildman–Crippen LogP) is -0.171. The molecule has 1 atom stereocenters. The smallest absolute Gasteiger partial charge is 0.235 e. The van der Waals surface area contributed by atoms with E-state index in [4.69, 9.17) is 5.84 Å². The van der Waals surface area contributed by atoms with E-state index in [1.807, 2.05) is 0 Å². The van der Waals surface area contributed by atoms with Crippen molar-refractivity contribution in [3.63, 3.8) is 0 Å². The second-order valence-electron chi connectivity index (χ2n) is 4.43. The maximum Gasteiger partial charge on any atom is 0.235 e. The van der Waals surface area contributed by atoms with Crippen LogP contribution in [0.25, 0.3) is 0 Å². The molecular formula is C11H24N4O. The van der Waals surface area contributed by atoms with Gasteiger partial charge < -0.3 is 5.32 Å². The number of nitrogens with zero attached hydrogens (tertiary/aromatic N) is 1. The standard InChI is InChI=1S/C11H24N4O/c1-3-15(9(2)8-11(16)14-12)10-4-6-13-7-5-10/h9-10,13H,3-8,12H2,1-2H3,(H,14,16). The van der Waals surface area contributed by atoms with E-state index in [1.54, 1.807) is 0 Å². The van der Waals surface area contributed by atoms with Crippen LogP contribution in [0, 0.1) is 0 Å². The van der Waals surface area contributed by atoms with Gasteiger partial charge in [-0.3, -0.25) is 15.1 Å². The Hall–Kier alpha value is -0.650. The molecule has 1 aliphatic heterocycles. The zero-order valence-corrected chi connectivity index (χ0v) is 10.3. The molecule has 0 aromatic carbocycles. The molecule has 0 bridgehead atoms. The summed E-state index contributed by atoms with van der Waals surface area (Å²) in [5.74, 6) is 5.03. The van der Waals surface area contributed by atoms with Crippen LogP contribution < -0.4 is 16.6 Å². The molecule has 0 aromatic rings. The average molecular weight is 228 g/mol. The van der Waals surface area contributed by atoms with Gasteiger partial charge in [0.1, 0.15) is 0 Å². The van der Waals surface area contributed by atoms with E-state index in [2.05, 4.69) is 29.5 Å². The van der Waals surface area contributed by atoms with Crippen LogP contribution in [0.4, 0.5) is 0 Å². The summed E-state index contributed by atoms with van der Waals surface area (Å²) >= 11 is 0. The topological polar surface area (TPSA) is 70.4 Å². The number of hydrogen-bond donors (Lipinski definition) is 3. The van der Waals surface area contributed by atoms with Crippen LogP contribution in [0.1, 0.15) is 33.1 Å². The van der Waals surface area contributed by atoms with Gasteiger partial charge in [0, 0.05) is 18.5 Å². The molecule has 1 unspecified atom stereocenters. The Kier molecular flexibility index (Phi) is 5.73. The predicted molar refractivity (Wildman–Crippen MR) is 64.7 cm³/mol. The number of rotatable bonds is 5. The number of hydrazine groups is 1. The van der Waals surface area contributed by atoms with Gasteiger partial charge in [0.2, 0.25) is 5.91 Å². The molecule has 0 saturated carbocycles. The Morgan fingerprint density at radius 1 is 1.56 bits per heavy atom. The van der Waals surface area contributed by atoms with E-state index in [9.17, 15) is 4.79 Å². The van der Waals surface area contributed by atoms with Crippen LogP contribution in [-0.4, -0.2) is 42.5 Å². The molecule has 5 heteroatoms. The number of nitrogens with two attached hydrogens (primary N) is 1. The zero-order chi connectivity index (χ0) is 12.0. The van der Waals surface area contributed by atoms with Gasteiger partial charge in [-0.05, 0) is 39.4 Å². The van der Waals surface area contributed by atoms with E-state index >= 15 is 0 Å². The lowest BCUT2D eigenvalue weighted by atomic mass is 10.0. The normalized spacial score (nSPS) is 19.8. The van der Waals surface area contributed by atoms with Gasteiger partial charge in [0.05, 0.1) is 0 Å². The summed E-state index contributed by atoms with van der Waals surface area (Å²) in [6.07, 6.45) is 2.82. The number of nitrogens with one attached hydrogen (secondary N) is 2. The van der Waals surface area contributed by atoms with Crippen LogP contribution in [0.2, 0.25) is 0 Å². The van der Waals surface area contributed by atoms with Crippen molar-refractivity contribution >= 4 is 5.91 Å². The Bertz CT molecular complexity index is 216. The summed E-state index contributed by atoms with van der Waals surface area (Å²) in [4.78, 5) is 13.7. The number of carbonyl (C=O) groups excluding carboxylic acids is 1. The molecule has 1 saturated heterocycles. The van der Waals surface area contributed by atoms with E-state index in [-0.39, 0.29) is 11.9 Å². The van der Waals surface area contributed by atoms with Crippen molar-refractivity contribution in [2.24, 2.45) is 5.84 Å². The lowest BCUT2D eigenvalue weighted by Crippen LogP contribution is -2.48. The SMILES string of the molecule is CCN(C(C)CC(=O)NN)C1CCNCC1. The van der Waals surface area contributed by atoms with E-state index in [1.165, 1.54) is 12.8 Å². The largest absolute Gasteiger partial charge is 0.317 e. The van der Waals surface area contributed by atoms with Crippen LogP contribution in [-0.2, 0) is 4.79 Å². The minimum Gasteiger partial charge on any atom is -0.317 e. The highest BCUT2D eigenvalue weighted by molar-refractivity contribution is 5.75. The summed E-state index contributed by atoms with van der Waals surface area (Å²) in [5, 5.41) is 3.36. The van der Waals surface area contributed by atoms with Crippen LogP contribution >= 0.6 is 0 Å². The van der Waals surface area contributed by atoms with Gasteiger partial charge in [-0.1, -0.05) is 6.92 Å². The van der Waals surface area contributed by atoms with Crippen molar-refractivity contribution in [3.8, 4) is 0 Å². The minimum absolute atomic E-state index is 0.0834. The second kappa shape index (κ2) is 6.83. The molecule has 1 fully saturated rings. The summed E-state index contributed by atoms with van der Waals surface area (Å²) in [6.45, 7) is 7.40.